The van der Waals surface area contributed by atoms with E-state index in [1.165, 1.54) is 0 Å². The summed E-state index contributed by atoms with van der Waals surface area (Å²) >= 11 is 5.37. The van der Waals surface area contributed by atoms with Crippen molar-refractivity contribution in [3.8, 4) is 0 Å². The average Bonchev–Trinajstić information content (AvgIpc) is 2.27. The zero-order valence-electron chi connectivity index (χ0n) is 9.22. The molecule has 4 N–H and O–H groups in total. The summed E-state index contributed by atoms with van der Waals surface area (Å²) in [5, 5.41) is 11.6. The first-order valence-electron chi connectivity index (χ1n) is 5.17. The number of aliphatic hydroxyl groups excluding tert-OH is 1. The van der Waals surface area contributed by atoms with Crippen LogP contribution in [0.2, 0.25) is 0 Å². The van der Waals surface area contributed by atoms with Crippen molar-refractivity contribution >= 4 is 17.6 Å². The SMILES string of the molecule is CCC(CC)NNC(=O)NCC(O)CCl. The Morgan fingerprint density at radius 3 is 2.47 bits per heavy atom. The van der Waals surface area contributed by atoms with Crippen molar-refractivity contribution in [3.63, 3.8) is 0 Å². The summed E-state index contributed by atoms with van der Waals surface area (Å²) in [6.07, 6.45) is 1.19. The van der Waals surface area contributed by atoms with E-state index >= 15 is 0 Å². The number of amides is 2. The van der Waals surface area contributed by atoms with Gasteiger partial charge in [-0.25, -0.2) is 10.2 Å². The number of hydrogen-bond acceptors (Lipinski definition) is 3. The second-order valence-electron chi connectivity index (χ2n) is 3.30. The van der Waals surface area contributed by atoms with Crippen molar-refractivity contribution in [1.82, 2.24) is 16.2 Å². The lowest BCUT2D eigenvalue weighted by molar-refractivity contribution is 0.188. The minimum absolute atomic E-state index is 0.111. The zero-order valence-corrected chi connectivity index (χ0v) is 9.97. The molecule has 0 bridgehead atoms. The van der Waals surface area contributed by atoms with E-state index in [0.717, 1.165) is 12.8 Å². The molecule has 0 heterocycles. The second-order valence-corrected chi connectivity index (χ2v) is 3.61. The van der Waals surface area contributed by atoms with E-state index in [1.54, 1.807) is 0 Å². The Labute approximate surface area is 95.5 Å². The molecule has 0 radical (unpaired) electrons. The van der Waals surface area contributed by atoms with E-state index < -0.39 is 6.10 Å². The quantitative estimate of drug-likeness (QED) is 0.387. The number of halogens is 1. The average molecular weight is 238 g/mol. The van der Waals surface area contributed by atoms with Gasteiger partial charge in [-0.1, -0.05) is 13.8 Å². The molecule has 0 aliphatic heterocycles. The molecule has 0 aromatic rings. The molecule has 0 rings (SSSR count). The monoisotopic (exact) mass is 237 g/mol. The lowest BCUT2D eigenvalue weighted by Gasteiger charge is -2.16. The molecule has 90 valence electrons. The van der Waals surface area contributed by atoms with Gasteiger partial charge in [-0.2, -0.15) is 0 Å². The first-order valence-corrected chi connectivity index (χ1v) is 5.70. The van der Waals surface area contributed by atoms with Crippen molar-refractivity contribution in [1.29, 1.82) is 0 Å². The van der Waals surface area contributed by atoms with E-state index in [1.807, 2.05) is 13.8 Å². The standard InChI is InChI=1S/C9H20ClN3O2/c1-3-7(4-2)12-13-9(15)11-6-8(14)5-10/h7-8,12,14H,3-6H2,1-2H3,(H2,11,13,15). The maximum absolute atomic E-state index is 11.2. The molecular weight excluding hydrogens is 218 g/mol. The molecule has 0 aromatic carbocycles. The van der Waals surface area contributed by atoms with E-state index in [2.05, 4.69) is 16.2 Å². The number of aliphatic hydroxyl groups is 1. The molecule has 1 atom stereocenters. The molecule has 0 aliphatic rings. The Kier molecular flexibility index (Phi) is 8.46. The van der Waals surface area contributed by atoms with Crippen molar-refractivity contribution in [2.24, 2.45) is 0 Å². The van der Waals surface area contributed by atoms with Gasteiger partial charge in [-0.3, -0.25) is 5.43 Å². The van der Waals surface area contributed by atoms with Crippen LogP contribution in [0.5, 0.6) is 0 Å². The third-order valence-electron chi connectivity index (χ3n) is 2.05. The van der Waals surface area contributed by atoms with Gasteiger partial charge in [0.15, 0.2) is 0 Å². The minimum Gasteiger partial charge on any atom is -0.390 e. The van der Waals surface area contributed by atoms with Gasteiger partial charge in [-0.05, 0) is 12.8 Å². The van der Waals surface area contributed by atoms with E-state index in [0.29, 0.717) is 0 Å². The maximum Gasteiger partial charge on any atom is 0.329 e. The minimum atomic E-state index is -0.703. The highest BCUT2D eigenvalue weighted by atomic mass is 35.5. The lowest BCUT2D eigenvalue weighted by atomic mass is 10.2. The summed E-state index contributed by atoms with van der Waals surface area (Å²) in [5.41, 5.74) is 5.39. The third kappa shape index (κ3) is 7.41. The summed E-state index contributed by atoms with van der Waals surface area (Å²) in [6, 6.07) is -0.0835. The highest BCUT2D eigenvalue weighted by Gasteiger charge is 2.06. The van der Waals surface area contributed by atoms with Crippen LogP contribution in [-0.4, -0.2) is 35.7 Å². The van der Waals surface area contributed by atoms with Crippen LogP contribution in [0.25, 0.3) is 0 Å². The summed E-state index contributed by atoms with van der Waals surface area (Å²) in [4.78, 5) is 11.2. The Morgan fingerprint density at radius 2 is 2.00 bits per heavy atom. The molecule has 0 saturated carbocycles. The molecule has 0 spiro atoms. The fraction of sp³-hybridized carbons (Fsp3) is 0.889. The van der Waals surface area contributed by atoms with Crippen LogP contribution in [0.4, 0.5) is 4.79 Å². The highest BCUT2D eigenvalue weighted by molar-refractivity contribution is 6.18. The van der Waals surface area contributed by atoms with Crippen molar-refractivity contribution in [2.45, 2.75) is 38.8 Å². The number of carbonyl (C=O) groups is 1. The number of carbonyl (C=O) groups excluding carboxylic acids is 1. The number of alkyl halides is 1. The van der Waals surface area contributed by atoms with Gasteiger partial charge >= 0.3 is 6.03 Å². The Bertz CT molecular complexity index is 177. The summed E-state index contributed by atoms with van der Waals surface area (Å²) < 4.78 is 0. The molecule has 2 amide bonds. The largest absolute Gasteiger partial charge is 0.390 e. The smallest absolute Gasteiger partial charge is 0.329 e. The second kappa shape index (κ2) is 8.76. The van der Waals surface area contributed by atoms with Crippen LogP contribution in [0.15, 0.2) is 0 Å². The van der Waals surface area contributed by atoms with Gasteiger partial charge < -0.3 is 10.4 Å². The Balaban J connectivity index is 3.56. The molecule has 15 heavy (non-hydrogen) atoms. The molecule has 0 saturated heterocycles. The fourth-order valence-corrected chi connectivity index (χ4v) is 1.08. The van der Waals surface area contributed by atoms with Crippen LogP contribution >= 0.6 is 11.6 Å². The molecular formula is C9H20ClN3O2. The molecule has 0 aliphatic carbocycles. The van der Waals surface area contributed by atoms with E-state index in [9.17, 15) is 4.79 Å². The normalized spacial score (nSPS) is 12.6. The van der Waals surface area contributed by atoms with Gasteiger partial charge in [0.05, 0.1) is 12.0 Å². The van der Waals surface area contributed by atoms with Gasteiger partial charge in [-0.15, -0.1) is 11.6 Å². The highest BCUT2D eigenvalue weighted by Crippen LogP contribution is 1.93. The molecule has 5 nitrogen and oxygen atoms in total. The summed E-state index contributed by atoms with van der Waals surface area (Å²) in [7, 11) is 0. The molecule has 0 aromatic heterocycles. The summed E-state index contributed by atoms with van der Waals surface area (Å²) in [6.45, 7) is 4.23. The van der Waals surface area contributed by atoms with Gasteiger partial charge in [0.25, 0.3) is 0 Å². The van der Waals surface area contributed by atoms with Gasteiger partial charge in [0.2, 0.25) is 0 Å². The van der Waals surface area contributed by atoms with Crippen LogP contribution < -0.4 is 16.2 Å². The van der Waals surface area contributed by atoms with Gasteiger partial charge in [0.1, 0.15) is 0 Å². The first-order chi connectivity index (χ1) is 7.13. The maximum atomic E-state index is 11.2. The third-order valence-corrected chi connectivity index (χ3v) is 2.41. The van der Waals surface area contributed by atoms with Gasteiger partial charge in [0, 0.05) is 12.6 Å². The number of rotatable bonds is 7. The summed E-state index contributed by atoms with van der Waals surface area (Å²) in [5.74, 6) is 0.111. The number of nitrogens with one attached hydrogen (secondary N) is 3. The van der Waals surface area contributed by atoms with E-state index in [-0.39, 0.29) is 24.5 Å². The Morgan fingerprint density at radius 1 is 1.40 bits per heavy atom. The predicted octanol–water partition coefficient (Wildman–Crippen LogP) is 0.579. The lowest BCUT2D eigenvalue weighted by Crippen LogP contribution is -2.49. The Hall–Kier alpha value is -0.520. The number of hydrazine groups is 1. The number of hydrogen-bond donors (Lipinski definition) is 4. The topological polar surface area (TPSA) is 73.4 Å². The molecule has 6 heteroatoms. The van der Waals surface area contributed by atoms with Crippen molar-refractivity contribution < 1.29 is 9.90 Å². The molecule has 0 fully saturated rings. The molecule has 1 unspecified atom stereocenters. The van der Waals surface area contributed by atoms with Crippen molar-refractivity contribution in [2.75, 3.05) is 12.4 Å². The van der Waals surface area contributed by atoms with Crippen molar-refractivity contribution in [3.05, 3.63) is 0 Å². The first kappa shape index (κ1) is 14.5. The predicted molar refractivity (Wildman–Crippen MR) is 60.8 cm³/mol. The zero-order chi connectivity index (χ0) is 11.7. The van der Waals surface area contributed by atoms with Crippen LogP contribution in [-0.2, 0) is 0 Å². The number of urea groups is 1. The van der Waals surface area contributed by atoms with Crippen LogP contribution in [0.3, 0.4) is 0 Å². The fourth-order valence-electron chi connectivity index (χ4n) is 0.970. The van der Waals surface area contributed by atoms with Crippen LogP contribution in [0, 0.1) is 0 Å². The van der Waals surface area contributed by atoms with Crippen LogP contribution in [0.1, 0.15) is 26.7 Å². The van der Waals surface area contributed by atoms with E-state index in [4.69, 9.17) is 16.7 Å².